The summed E-state index contributed by atoms with van der Waals surface area (Å²) in [5, 5.41) is 9.79. The van der Waals surface area contributed by atoms with Crippen molar-refractivity contribution in [1.29, 1.82) is 0 Å². The van der Waals surface area contributed by atoms with Gasteiger partial charge in [0.2, 0.25) is 0 Å². The van der Waals surface area contributed by atoms with Crippen molar-refractivity contribution < 1.29 is 14.6 Å². The lowest BCUT2D eigenvalue weighted by atomic mass is 10.1. The number of aliphatic hydroxyl groups is 1. The number of rotatable bonds is 6. The Labute approximate surface area is 114 Å². The molecule has 0 aliphatic heterocycles. The van der Waals surface area contributed by atoms with Gasteiger partial charge in [-0.15, -0.1) is 0 Å². The van der Waals surface area contributed by atoms with E-state index >= 15 is 0 Å². The van der Waals surface area contributed by atoms with E-state index in [-0.39, 0.29) is 5.97 Å². The third-order valence-electron chi connectivity index (χ3n) is 2.57. The number of aliphatic hydroxyl groups excluding tert-OH is 1. The fourth-order valence-electron chi connectivity index (χ4n) is 1.49. The van der Waals surface area contributed by atoms with E-state index in [9.17, 15) is 9.90 Å². The fourth-order valence-corrected chi connectivity index (χ4v) is 1.49. The minimum Gasteiger partial charge on any atom is -0.463 e. The van der Waals surface area contributed by atoms with Crippen molar-refractivity contribution in [3.05, 3.63) is 53.6 Å². The first kappa shape index (κ1) is 15.2. The summed E-state index contributed by atoms with van der Waals surface area (Å²) in [6, 6.07) is 9.75. The van der Waals surface area contributed by atoms with Crippen molar-refractivity contribution in [2.45, 2.75) is 26.4 Å². The van der Waals surface area contributed by atoms with Crippen LogP contribution in [0.4, 0.5) is 0 Å². The second-order valence-electron chi connectivity index (χ2n) is 4.18. The molecule has 0 radical (unpaired) electrons. The first-order chi connectivity index (χ1) is 9.13. The summed E-state index contributed by atoms with van der Waals surface area (Å²) in [6.07, 6.45) is 5.05. The van der Waals surface area contributed by atoms with Crippen LogP contribution in [0, 0.1) is 0 Å². The quantitative estimate of drug-likeness (QED) is 0.632. The van der Waals surface area contributed by atoms with Crippen molar-refractivity contribution in [3.63, 3.8) is 0 Å². The number of esters is 1. The number of hydrogen-bond acceptors (Lipinski definition) is 3. The first-order valence-electron chi connectivity index (χ1n) is 6.38. The summed E-state index contributed by atoms with van der Waals surface area (Å²) in [7, 11) is 0. The Hall–Kier alpha value is -1.87. The lowest BCUT2D eigenvalue weighted by Gasteiger charge is -2.04. The molecule has 1 N–H and O–H groups in total. The van der Waals surface area contributed by atoms with Gasteiger partial charge < -0.3 is 9.84 Å². The summed E-state index contributed by atoms with van der Waals surface area (Å²) in [5.41, 5.74) is 1.56. The highest BCUT2D eigenvalue weighted by molar-refractivity contribution is 5.87. The number of benzene rings is 1. The zero-order valence-corrected chi connectivity index (χ0v) is 11.4. The lowest BCUT2D eigenvalue weighted by Crippen LogP contribution is -2.07. The predicted molar refractivity (Wildman–Crippen MR) is 76.5 cm³/mol. The van der Waals surface area contributed by atoms with Crippen LogP contribution in [0.15, 0.2) is 48.1 Å². The minimum atomic E-state index is -0.607. The molecule has 1 aromatic rings. The highest BCUT2D eigenvalue weighted by Gasteiger charge is 2.05. The van der Waals surface area contributed by atoms with E-state index in [0.29, 0.717) is 18.6 Å². The summed E-state index contributed by atoms with van der Waals surface area (Å²) >= 11 is 0. The second-order valence-corrected chi connectivity index (χ2v) is 4.18. The smallest absolute Gasteiger partial charge is 0.333 e. The molecule has 0 spiro atoms. The molecular formula is C16H20O3. The van der Waals surface area contributed by atoms with Gasteiger partial charge in [0.15, 0.2) is 0 Å². The van der Waals surface area contributed by atoms with Gasteiger partial charge in [0.25, 0.3) is 0 Å². The van der Waals surface area contributed by atoms with Crippen LogP contribution in [0.2, 0.25) is 0 Å². The average molecular weight is 260 g/mol. The van der Waals surface area contributed by atoms with E-state index < -0.39 is 6.10 Å². The van der Waals surface area contributed by atoms with Crippen LogP contribution >= 0.6 is 0 Å². The van der Waals surface area contributed by atoms with Crippen LogP contribution < -0.4 is 0 Å². The van der Waals surface area contributed by atoms with E-state index in [0.717, 1.165) is 5.56 Å². The van der Waals surface area contributed by atoms with Crippen LogP contribution in [0.1, 0.15) is 25.8 Å². The molecule has 0 saturated heterocycles. The molecule has 0 fully saturated rings. The summed E-state index contributed by atoms with van der Waals surface area (Å²) in [5.74, 6) is -0.332. The average Bonchev–Trinajstić information content (AvgIpc) is 2.43. The third-order valence-corrected chi connectivity index (χ3v) is 2.57. The molecule has 102 valence electrons. The van der Waals surface area contributed by atoms with Crippen LogP contribution in [0.5, 0.6) is 0 Å². The summed E-state index contributed by atoms with van der Waals surface area (Å²) < 4.78 is 4.86. The molecule has 1 aromatic carbocycles. The molecule has 3 heteroatoms. The Balaban J connectivity index is 2.47. The molecule has 1 rings (SSSR count). The molecule has 0 amide bonds. The van der Waals surface area contributed by atoms with Gasteiger partial charge in [-0.3, -0.25) is 0 Å². The second kappa shape index (κ2) is 8.27. The van der Waals surface area contributed by atoms with E-state index in [2.05, 4.69) is 0 Å². The molecule has 0 heterocycles. The first-order valence-corrected chi connectivity index (χ1v) is 6.38. The number of carbonyl (C=O) groups is 1. The van der Waals surface area contributed by atoms with Gasteiger partial charge in [0, 0.05) is 5.57 Å². The minimum absolute atomic E-state index is 0.332. The van der Waals surface area contributed by atoms with Crippen molar-refractivity contribution in [3.8, 4) is 0 Å². The molecule has 1 atom stereocenters. The van der Waals surface area contributed by atoms with Gasteiger partial charge >= 0.3 is 5.97 Å². The maximum Gasteiger partial charge on any atom is 0.333 e. The molecule has 0 aliphatic rings. The maximum absolute atomic E-state index is 11.3. The zero-order valence-electron chi connectivity index (χ0n) is 11.4. The van der Waals surface area contributed by atoms with Crippen LogP contribution in [-0.4, -0.2) is 23.8 Å². The van der Waals surface area contributed by atoms with Gasteiger partial charge in [-0.2, -0.15) is 0 Å². The Morgan fingerprint density at radius 1 is 1.37 bits per heavy atom. The Morgan fingerprint density at radius 3 is 2.68 bits per heavy atom. The van der Waals surface area contributed by atoms with Gasteiger partial charge in [-0.05, 0) is 25.8 Å². The van der Waals surface area contributed by atoms with Crippen molar-refractivity contribution in [2.24, 2.45) is 0 Å². The van der Waals surface area contributed by atoms with E-state index in [1.54, 1.807) is 26.0 Å². The van der Waals surface area contributed by atoms with E-state index in [1.165, 1.54) is 0 Å². The van der Waals surface area contributed by atoms with Crippen molar-refractivity contribution in [1.82, 2.24) is 0 Å². The van der Waals surface area contributed by atoms with Gasteiger partial charge in [0.05, 0.1) is 12.7 Å². The number of carbonyl (C=O) groups excluding carboxylic acids is 1. The van der Waals surface area contributed by atoms with Gasteiger partial charge in [-0.25, -0.2) is 4.79 Å². The number of ether oxygens (including phenoxy) is 1. The Bertz CT molecular complexity index is 446. The monoisotopic (exact) mass is 260 g/mol. The Kier molecular flexibility index (Phi) is 6.61. The Morgan fingerprint density at radius 2 is 2.05 bits per heavy atom. The highest BCUT2D eigenvalue weighted by atomic mass is 16.5. The lowest BCUT2D eigenvalue weighted by molar-refractivity contribution is -0.138. The SMILES string of the molecule is CCOC(=O)/C(C)=C/C[C@@H](O)/C=C/c1ccccc1. The van der Waals surface area contributed by atoms with Crippen LogP contribution in [0.3, 0.4) is 0 Å². The molecule has 3 nitrogen and oxygen atoms in total. The van der Waals surface area contributed by atoms with Gasteiger partial charge in [0.1, 0.15) is 0 Å². The topological polar surface area (TPSA) is 46.5 Å². The number of hydrogen-bond donors (Lipinski definition) is 1. The highest BCUT2D eigenvalue weighted by Crippen LogP contribution is 2.06. The molecule has 0 aliphatic carbocycles. The van der Waals surface area contributed by atoms with Crippen LogP contribution in [-0.2, 0) is 9.53 Å². The standard InChI is InChI=1S/C16H20O3/c1-3-19-16(18)13(2)9-11-15(17)12-10-14-7-5-4-6-8-14/h4-10,12,15,17H,3,11H2,1-2H3/b12-10+,13-9+/t15-/m1/s1. The largest absolute Gasteiger partial charge is 0.463 e. The van der Waals surface area contributed by atoms with E-state index in [1.807, 2.05) is 36.4 Å². The van der Waals surface area contributed by atoms with Gasteiger partial charge in [-0.1, -0.05) is 48.6 Å². The van der Waals surface area contributed by atoms with E-state index in [4.69, 9.17) is 4.74 Å². The molecule has 0 aromatic heterocycles. The summed E-state index contributed by atoms with van der Waals surface area (Å²) in [4.78, 5) is 11.3. The zero-order chi connectivity index (χ0) is 14.1. The molecule has 0 saturated carbocycles. The molecular weight excluding hydrogens is 240 g/mol. The normalized spacial score (nSPS) is 13.5. The van der Waals surface area contributed by atoms with Crippen LogP contribution in [0.25, 0.3) is 6.08 Å². The third kappa shape index (κ3) is 6.02. The molecule has 0 bridgehead atoms. The molecule has 19 heavy (non-hydrogen) atoms. The molecule has 0 unspecified atom stereocenters. The fraction of sp³-hybridized carbons (Fsp3) is 0.312. The summed E-state index contributed by atoms with van der Waals surface area (Å²) in [6.45, 7) is 3.81. The maximum atomic E-state index is 11.3. The predicted octanol–water partition coefficient (Wildman–Crippen LogP) is 2.96. The van der Waals surface area contributed by atoms with Crippen molar-refractivity contribution in [2.75, 3.05) is 6.61 Å². The van der Waals surface area contributed by atoms with Crippen molar-refractivity contribution >= 4 is 12.0 Å².